The van der Waals surface area contributed by atoms with Crippen LogP contribution in [0.5, 0.6) is 0 Å². The summed E-state index contributed by atoms with van der Waals surface area (Å²) < 4.78 is 0. The van der Waals surface area contributed by atoms with Gasteiger partial charge in [0.25, 0.3) is 0 Å². The standard InChI is InChI=1S/C16H24N2O/c1-3-17-15-9-11-18(12-10-15)16(19)13(2)14-7-5-4-6-8-14/h4-8,13,15,17H,3,9-12H2,1-2H3. The minimum Gasteiger partial charge on any atom is -0.342 e. The maximum absolute atomic E-state index is 12.5. The maximum Gasteiger partial charge on any atom is 0.229 e. The second kappa shape index (κ2) is 6.71. The molecule has 0 radical (unpaired) electrons. The Balaban J connectivity index is 1.91. The third kappa shape index (κ3) is 3.57. The Morgan fingerprint density at radius 1 is 1.32 bits per heavy atom. The highest BCUT2D eigenvalue weighted by atomic mass is 16.2. The van der Waals surface area contributed by atoms with Crippen molar-refractivity contribution in [2.24, 2.45) is 0 Å². The number of nitrogens with one attached hydrogen (secondary N) is 1. The molecule has 1 aromatic carbocycles. The molecule has 1 aliphatic rings. The molecular weight excluding hydrogens is 236 g/mol. The van der Waals surface area contributed by atoms with Crippen LogP contribution < -0.4 is 5.32 Å². The van der Waals surface area contributed by atoms with Gasteiger partial charge in [-0.1, -0.05) is 37.3 Å². The Bertz CT molecular complexity index is 396. The third-order valence-electron chi connectivity index (χ3n) is 3.97. The van der Waals surface area contributed by atoms with Crippen LogP contribution >= 0.6 is 0 Å². The molecule has 0 aliphatic carbocycles. The van der Waals surface area contributed by atoms with Crippen LogP contribution in [0.2, 0.25) is 0 Å². The monoisotopic (exact) mass is 260 g/mol. The smallest absolute Gasteiger partial charge is 0.229 e. The van der Waals surface area contributed by atoms with Gasteiger partial charge in [-0.05, 0) is 31.9 Å². The highest BCUT2D eigenvalue weighted by Crippen LogP contribution is 2.20. The fourth-order valence-corrected chi connectivity index (χ4v) is 2.75. The van der Waals surface area contributed by atoms with Gasteiger partial charge in [-0.2, -0.15) is 0 Å². The normalized spacial score (nSPS) is 18.3. The van der Waals surface area contributed by atoms with Crippen molar-refractivity contribution < 1.29 is 4.79 Å². The van der Waals surface area contributed by atoms with Crippen LogP contribution in [0.25, 0.3) is 0 Å². The fraction of sp³-hybridized carbons (Fsp3) is 0.562. The number of carbonyl (C=O) groups is 1. The fourth-order valence-electron chi connectivity index (χ4n) is 2.75. The molecule has 3 heteroatoms. The van der Waals surface area contributed by atoms with E-state index in [0.717, 1.165) is 38.0 Å². The van der Waals surface area contributed by atoms with Gasteiger partial charge in [-0.25, -0.2) is 0 Å². The Labute approximate surface area is 116 Å². The second-order valence-electron chi connectivity index (χ2n) is 5.29. The first-order chi connectivity index (χ1) is 9.22. The summed E-state index contributed by atoms with van der Waals surface area (Å²) in [6.45, 7) is 6.92. The van der Waals surface area contributed by atoms with Crippen molar-refractivity contribution >= 4 is 5.91 Å². The number of benzene rings is 1. The number of hydrogen-bond acceptors (Lipinski definition) is 2. The summed E-state index contributed by atoms with van der Waals surface area (Å²) in [6, 6.07) is 10.6. The summed E-state index contributed by atoms with van der Waals surface area (Å²) in [6.07, 6.45) is 2.14. The summed E-state index contributed by atoms with van der Waals surface area (Å²) in [4.78, 5) is 14.5. The topological polar surface area (TPSA) is 32.3 Å². The van der Waals surface area contributed by atoms with Gasteiger partial charge in [-0.3, -0.25) is 4.79 Å². The Morgan fingerprint density at radius 3 is 2.53 bits per heavy atom. The number of carbonyl (C=O) groups excluding carboxylic acids is 1. The largest absolute Gasteiger partial charge is 0.342 e. The van der Waals surface area contributed by atoms with Crippen LogP contribution in [-0.4, -0.2) is 36.5 Å². The van der Waals surface area contributed by atoms with Crippen molar-refractivity contribution in [3.8, 4) is 0 Å². The van der Waals surface area contributed by atoms with Gasteiger partial charge in [0.05, 0.1) is 5.92 Å². The molecule has 104 valence electrons. The molecule has 1 N–H and O–H groups in total. The maximum atomic E-state index is 12.5. The molecule has 3 nitrogen and oxygen atoms in total. The van der Waals surface area contributed by atoms with E-state index < -0.39 is 0 Å². The van der Waals surface area contributed by atoms with E-state index in [4.69, 9.17) is 0 Å². The molecular formula is C16H24N2O. The molecule has 19 heavy (non-hydrogen) atoms. The van der Waals surface area contributed by atoms with Gasteiger partial charge in [0.2, 0.25) is 5.91 Å². The molecule has 1 aromatic rings. The van der Waals surface area contributed by atoms with Gasteiger partial charge in [0, 0.05) is 19.1 Å². The van der Waals surface area contributed by atoms with Crippen LogP contribution in [0, 0.1) is 0 Å². The quantitative estimate of drug-likeness (QED) is 0.901. The van der Waals surface area contributed by atoms with E-state index in [9.17, 15) is 4.79 Å². The Hall–Kier alpha value is -1.35. The van der Waals surface area contributed by atoms with Gasteiger partial charge in [-0.15, -0.1) is 0 Å². The lowest BCUT2D eigenvalue weighted by Crippen LogP contribution is -2.46. The highest BCUT2D eigenvalue weighted by Gasteiger charge is 2.26. The average molecular weight is 260 g/mol. The number of hydrogen-bond donors (Lipinski definition) is 1. The molecule has 1 amide bonds. The molecule has 0 bridgehead atoms. The number of rotatable bonds is 4. The molecule has 1 unspecified atom stereocenters. The van der Waals surface area contributed by atoms with Crippen molar-refractivity contribution in [2.75, 3.05) is 19.6 Å². The minimum atomic E-state index is -0.0307. The molecule has 1 saturated heterocycles. The number of likely N-dealkylation sites (tertiary alicyclic amines) is 1. The van der Waals surface area contributed by atoms with E-state index >= 15 is 0 Å². The first kappa shape index (κ1) is 14.1. The van der Waals surface area contributed by atoms with E-state index in [1.54, 1.807) is 0 Å². The van der Waals surface area contributed by atoms with Gasteiger partial charge < -0.3 is 10.2 Å². The summed E-state index contributed by atoms with van der Waals surface area (Å²) in [5.41, 5.74) is 1.11. The zero-order valence-electron chi connectivity index (χ0n) is 11.9. The lowest BCUT2D eigenvalue weighted by Gasteiger charge is -2.34. The summed E-state index contributed by atoms with van der Waals surface area (Å²) in [7, 11) is 0. The van der Waals surface area contributed by atoms with Gasteiger partial charge >= 0.3 is 0 Å². The highest BCUT2D eigenvalue weighted by molar-refractivity contribution is 5.83. The van der Waals surface area contributed by atoms with E-state index in [2.05, 4.69) is 12.2 Å². The van der Waals surface area contributed by atoms with Crippen LogP contribution in [0.3, 0.4) is 0 Å². The summed E-state index contributed by atoms with van der Waals surface area (Å²) in [5.74, 6) is 0.234. The molecule has 0 saturated carbocycles. The van der Waals surface area contributed by atoms with Crippen molar-refractivity contribution in [3.05, 3.63) is 35.9 Å². The van der Waals surface area contributed by atoms with Crippen LogP contribution in [-0.2, 0) is 4.79 Å². The number of nitrogens with zero attached hydrogens (tertiary/aromatic N) is 1. The molecule has 0 aromatic heterocycles. The SMILES string of the molecule is CCNC1CCN(C(=O)C(C)c2ccccc2)CC1. The molecule has 0 spiro atoms. The van der Waals surface area contributed by atoms with Gasteiger partial charge in [0.15, 0.2) is 0 Å². The van der Waals surface area contributed by atoms with Crippen molar-refractivity contribution in [3.63, 3.8) is 0 Å². The van der Waals surface area contributed by atoms with Crippen molar-refractivity contribution in [1.82, 2.24) is 10.2 Å². The Kier molecular flexibility index (Phi) is 4.97. The van der Waals surface area contributed by atoms with Crippen molar-refractivity contribution in [2.45, 2.75) is 38.6 Å². The average Bonchev–Trinajstić information content (AvgIpc) is 2.48. The lowest BCUT2D eigenvalue weighted by atomic mass is 9.97. The predicted molar refractivity (Wildman–Crippen MR) is 78.1 cm³/mol. The Morgan fingerprint density at radius 2 is 1.95 bits per heavy atom. The number of piperidine rings is 1. The number of amides is 1. The zero-order valence-corrected chi connectivity index (χ0v) is 11.9. The minimum absolute atomic E-state index is 0.0307. The second-order valence-corrected chi connectivity index (χ2v) is 5.29. The molecule has 1 fully saturated rings. The van der Waals surface area contributed by atoms with E-state index in [1.165, 1.54) is 0 Å². The first-order valence-corrected chi connectivity index (χ1v) is 7.29. The summed E-state index contributed by atoms with van der Waals surface area (Å²) in [5, 5.41) is 3.47. The third-order valence-corrected chi connectivity index (χ3v) is 3.97. The van der Waals surface area contributed by atoms with Gasteiger partial charge in [0.1, 0.15) is 0 Å². The van der Waals surface area contributed by atoms with E-state index in [1.807, 2.05) is 42.2 Å². The van der Waals surface area contributed by atoms with Crippen LogP contribution in [0.15, 0.2) is 30.3 Å². The van der Waals surface area contributed by atoms with E-state index in [0.29, 0.717) is 6.04 Å². The molecule has 1 atom stereocenters. The predicted octanol–water partition coefficient (Wildman–Crippen LogP) is 2.39. The van der Waals surface area contributed by atoms with Crippen LogP contribution in [0.4, 0.5) is 0 Å². The van der Waals surface area contributed by atoms with Crippen molar-refractivity contribution in [1.29, 1.82) is 0 Å². The van der Waals surface area contributed by atoms with E-state index in [-0.39, 0.29) is 11.8 Å². The molecule has 1 heterocycles. The lowest BCUT2D eigenvalue weighted by molar-refractivity contribution is -0.133. The summed E-state index contributed by atoms with van der Waals surface area (Å²) >= 11 is 0. The zero-order chi connectivity index (χ0) is 13.7. The first-order valence-electron chi connectivity index (χ1n) is 7.29. The molecule has 2 rings (SSSR count). The van der Waals surface area contributed by atoms with Crippen LogP contribution in [0.1, 0.15) is 38.2 Å². The molecule has 1 aliphatic heterocycles.